The first-order valence-electron chi connectivity index (χ1n) is 34.7. The third-order valence-corrected chi connectivity index (χ3v) is 20.7. The van der Waals surface area contributed by atoms with Crippen LogP contribution in [0.15, 0.2) is 382 Å². The number of hydrogen-bond acceptors (Lipinski definition) is 0. The zero-order valence-corrected chi connectivity index (χ0v) is 57.0. The van der Waals surface area contributed by atoms with Gasteiger partial charge in [-0.25, -0.2) is 0 Å². The summed E-state index contributed by atoms with van der Waals surface area (Å²) < 4.78 is 7.13. The summed E-state index contributed by atoms with van der Waals surface area (Å²) in [4.78, 5) is 4.01. The summed E-state index contributed by atoms with van der Waals surface area (Å²) in [6.45, 7) is 0. The van der Waals surface area contributed by atoms with Gasteiger partial charge in [0.05, 0.1) is 33.1 Å². The molecule has 1 unspecified atom stereocenters. The van der Waals surface area contributed by atoms with Crippen LogP contribution in [-0.2, 0) is 0 Å². The molecule has 101 heavy (non-hydrogen) atoms. The topological polar surface area (TPSA) is 30.6 Å². The zero-order chi connectivity index (χ0) is 67.2. The van der Waals surface area contributed by atoms with Crippen molar-refractivity contribution in [2.45, 2.75) is 11.2 Å². The predicted octanol–water partition coefficient (Wildman–Crippen LogP) is 26.4. The normalized spacial score (nSPS) is 12.9. The van der Waals surface area contributed by atoms with Gasteiger partial charge in [0, 0.05) is 76.0 Å². The number of para-hydroxylation sites is 6. The van der Waals surface area contributed by atoms with Crippen LogP contribution in [0, 0.1) is 0 Å². The average Bonchev–Trinajstić information content (AvgIpc) is 1.58. The second-order valence-corrected chi connectivity index (χ2v) is 27.2. The molecule has 15 aromatic carbocycles. The molecule has 20 rings (SSSR count). The Morgan fingerprint density at radius 1 is 0.238 bits per heavy atom. The van der Waals surface area contributed by atoms with Crippen molar-refractivity contribution in [1.82, 2.24) is 18.7 Å². The molecule has 4 heterocycles. The number of nitrogens with one attached hydrogen (secondary N) is 1. The van der Waals surface area contributed by atoms with Crippen LogP contribution >= 0.6 is 15.9 Å². The van der Waals surface area contributed by atoms with Crippen molar-refractivity contribution in [2.24, 2.45) is 0 Å². The van der Waals surface area contributed by atoms with Crippen molar-refractivity contribution in [1.29, 1.82) is 0 Å². The summed E-state index contributed by atoms with van der Waals surface area (Å²) in [6, 6.07) is 131. The lowest BCUT2D eigenvalue weighted by molar-refractivity contribution is 1.08. The molecule has 5 heteroatoms. The second kappa shape index (κ2) is 26.4. The summed E-state index contributed by atoms with van der Waals surface area (Å²) in [5, 5.41) is 10.1. The van der Waals surface area contributed by atoms with Gasteiger partial charge in [0.1, 0.15) is 0 Å². The number of allylic oxidation sites excluding steroid dienone is 4. The number of halogens is 1. The van der Waals surface area contributed by atoms with E-state index in [9.17, 15) is 0 Å². The van der Waals surface area contributed by atoms with Gasteiger partial charge in [0.15, 0.2) is 0 Å². The first-order valence-corrected chi connectivity index (χ1v) is 35.6. The Hall–Kier alpha value is -12.5. The van der Waals surface area contributed by atoms with Crippen molar-refractivity contribution >= 4 is 109 Å². The number of rotatable bonds is 9. The molecular weight excluding hydrogens is 1290 g/mol. The third kappa shape index (κ3) is 11.5. The second-order valence-electron chi connectivity index (χ2n) is 26.1. The summed E-state index contributed by atoms with van der Waals surface area (Å²) in [5.74, 6) is 0. The maximum Gasteiger partial charge on any atom is 0.0541 e. The van der Waals surface area contributed by atoms with Crippen LogP contribution in [0.1, 0.15) is 12.0 Å². The van der Waals surface area contributed by atoms with E-state index in [2.05, 4.69) is 411 Å². The molecule has 0 spiro atoms. The summed E-state index contributed by atoms with van der Waals surface area (Å²) in [5.41, 5.74) is 28.1. The smallest absolute Gasteiger partial charge is 0.0541 e. The molecule has 0 bridgehead atoms. The Kier molecular flexibility index (Phi) is 15.9. The number of aromatic nitrogens is 4. The first-order chi connectivity index (χ1) is 50.0. The highest BCUT2D eigenvalue weighted by atomic mass is 79.9. The Morgan fingerprint density at radius 3 is 0.950 bits per heavy atom. The van der Waals surface area contributed by atoms with Gasteiger partial charge >= 0.3 is 0 Å². The number of alkyl halides is 1. The molecule has 0 radical (unpaired) electrons. The summed E-state index contributed by atoms with van der Waals surface area (Å²) in [7, 11) is 0. The van der Waals surface area contributed by atoms with Crippen LogP contribution in [-0.4, -0.2) is 23.5 Å². The van der Waals surface area contributed by atoms with E-state index in [1.165, 1.54) is 165 Å². The minimum absolute atomic E-state index is 0.486. The maximum absolute atomic E-state index is 3.60. The van der Waals surface area contributed by atoms with E-state index in [0.29, 0.717) is 4.83 Å². The van der Waals surface area contributed by atoms with Crippen LogP contribution in [0.4, 0.5) is 0 Å². The van der Waals surface area contributed by atoms with Crippen LogP contribution < -0.4 is 0 Å². The quantitative estimate of drug-likeness (QED) is 0.140. The van der Waals surface area contributed by atoms with Crippen LogP contribution in [0.5, 0.6) is 0 Å². The maximum atomic E-state index is 3.60. The molecule has 1 aliphatic rings. The molecule has 0 aliphatic heterocycles. The highest BCUT2D eigenvalue weighted by Gasteiger charge is 2.19. The fourth-order valence-electron chi connectivity index (χ4n) is 15.1. The monoisotopic (exact) mass is 1350 g/mol. The number of aromatic amines is 1. The molecule has 478 valence electrons. The van der Waals surface area contributed by atoms with Crippen molar-refractivity contribution in [3.05, 3.63) is 388 Å². The standard InChI is InChI=1S/C48H32N2.C30H20N2.C18H15Br/c1-3-11-33(12-4-1)34-19-21-35(22-20-34)36-23-27-40(28-24-36)50-46-18-10-8-16-42(46)44-32-38(26-30-48(44)50)37-25-29-47-43(31-37)41-15-7-9-17-45(41)49(47)39-13-5-2-6-14-39;1-2-8-22(9-3-1)32-29-13-7-5-11-24(29)26-19-21(15-17-30(26)32)20-14-16-28-25(18-20)23-10-4-6-12-27(23)31-28;19-18-12-10-17(11-13-18)16-8-6-15(7-9-16)14-4-2-1-3-5-14/h1-32H;1-19,31H;1-12,18H,13H2. The average molecular weight is 1360 g/mol. The summed E-state index contributed by atoms with van der Waals surface area (Å²) >= 11 is 3.60. The molecule has 1 aliphatic carbocycles. The highest BCUT2D eigenvalue weighted by Crippen LogP contribution is 2.41. The van der Waals surface area contributed by atoms with Gasteiger partial charge in [-0.05, 0) is 182 Å². The Balaban J connectivity index is 0.000000122. The Morgan fingerprint density at radius 2 is 0.535 bits per heavy atom. The molecule has 0 fully saturated rings. The lowest BCUT2D eigenvalue weighted by Crippen LogP contribution is -1.96. The molecule has 0 amide bonds. The van der Waals surface area contributed by atoms with E-state index >= 15 is 0 Å². The fraction of sp³-hybridized carbons (Fsp3) is 0.0208. The van der Waals surface area contributed by atoms with Crippen molar-refractivity contribution in [2.75, 3.05) is 0 Å². The zero-order valence-electron chi connectivity index (χ0n) is 55.4. The summed E-state index contributed by atoms with van der Waals surface area (Å²) in [6.07, 6.45) is 7.75. The molecule has 4 nitrogen and oxygen atoms in total. The van der Waals surface area contributed by atoms with Gasteiger partial charge in [-0.3, -0.25) is 0 Å². The van der Waals surface area contributed by atoms with Crippen molar-refractivity contribution in [3.63, 3.8) is 0 Å². The van der Waals surface area contributed by atoms with E-state index in [1.54, 1.807) is 0 Å². The highest BCUT2D eigenvalue weighted by molar-refractivity contribution is 9.09. The van der Waals surface area contributed by atoms with Gasteiger partial charge in [-0.2, -0.15) is 0 Å². The lowest BCUT2D eigenvalue weighted by Gasteiger charge is -2.11. The van der Waals surface area contributed by atoms with E-state index in [-0.39, 0.29) is 0 Å². The number of nitrogens with zero attached hydrogens (tertiary/aromatic N) is 3. The molecular formula is C96H67BrN4. The molecule has 0 saturated heterocycles. The number of benzene rings is 15. The molecule has 0 saturated carbocycles. The molecule has 4 aromatic heterocycles. The molecule has 1 N–H and O–H groups in total. The van der Waals surface area contributed by atoms with Crippen LogP contribution in [0.25, 0.3) is 165 Å². The van der Waals surface area contributed by atoms with Gasteiger partial charge in [-0.15, -0.1) is 0 Å². The van der Waals surface area contributed by atoms with E-state index in [4.69, 9.17) is 0 Å². The Bertz CT molecular complexity index is 6310. The largest absolute Gasteiger partial charge is 0.355 e. The number of H-pyrrole nitrogens is 1. The predicted molar refractivity (Wildman–Crippen MR) is 433 cm³/mol. The van der Waals surface area contributed by atoms with E-state index in [0.717, 1.165) is 12.1 Å². The van der Waals surface area contributed by atoms with Crippen molar-refractivity contribution < 1.29 is 0 Å². The lowest BCUT2D eigenvalue weighted by atomic mass is 9.97. The van der Waals surface area contributed by atoms with E-state index in [1.807, 2.05) is 6.07 Å². The Labute approximate surface area is 595 Å². The molecule has 19 aromatic rings. The minimum Gasteiger partial charge on any atom is -0.355 e. The number of fused-ring (bicyclic) bond motifs is 12. The van der Waals surface area contributed by atoms with Crippen molar-refractivity contribution in [3.8, 4) is 72.7 Å². The van der Waals surface area contributed by atoms with Gasteiger partial charge in [-0.1, -0.05) is 289 Å². The van der Waals surface area contributed by atoms with Gasteiger partial charge in [0.25, 0.3) is 0 Å². The van der Waals surface area contributed by atoms with Crippen LogP contribution in [0.3, 0.4) is 0 Å². The first kappa shape index (κ1) is 60.8. The molecule has 1 atom stereocenters. The third-order valence-electron chi connectivity index (χ3n) is 20.0. The minimum atomic E-state index is 0.486. The van der Waals surface area contributed by atoms with Gasteiger partial charge < -0.3 is 18.7 Å². The fourth-order valence-corrected chi connectivity index (χ4v) is 15.4. The van der Waals surface area contributed by atoms with Crippen LogP contribution in [0.2, 0.25) is 0 Å². The van der Waals surface area contributed by atoms with E-state index < -0.39 is 0 Å². The number of hydrogen-bond donors (Lipinski definition) is 1. The van der Waals surface area contributed by atoms with Gasteiger partial charge in [0.2, 0.25) is 0 Å². The SMILES string of the molecule is BrC1C=CC(c2ccc(-c3ccccc3)cc2)=CC1.c1ccc(-c2ccc(-c3ccc(-n4c5ccccc5c5cc(-c6ccc7c(c6)c6ccccc6n7-c6ccccc6)ccc54)cc3)cc2)cc1.c1ccc(-n2c3ccccc3c3cc(-c4ccc5[nH]c6ccccc6c5c4)ccc32)cc1.